The van der Waals surface area contributed by atoms with E-state index in [-0.39, 0.29) is 60.6 Å². The van der Waals surface area contributed by atoms with Gasteiger partial charge in [0, 0.05) is 36.8 Å². The van der Waals surface area contributed by atoms with Crippen molar-refractivity contribution >= 4 is 67.8 Å². The molecule has 9 aromatic rings. The molecule has 0 radical (unpaired) electrons. The maximum absolute atomic E-state index is 12.8. The topological polar surface area (TPSA) is 133 Å². The van der Waals surface area contributed by atoms with E-state index in [2.05, 4.69) is 130 Å². The van der Waals surface area contributed by atoms with Crippen molar-refractivity contribution in [1.29, 1.82) is 0 Å². The molecule has 12 aliphatic carbocycles. The van der Waals surface area contributed by atoms with Crippen molar-refractivity contribution in [1.82, 2.24) is 0 Å². The number of aryl methyl sites for hydroxylation is 4. The average molecular weight is 1510 g/mol. The number of benzene rings is 9. The van der Waals surface area contributed by atoms with Crippen molar-refractivity contribution in [3.63, 3.8) is 0 Å². The van der Waals surface area contributed by atoms with Crippen molar-refractivity contribution < 1.29 is 41.6 Å². The van der Waals surface area contributed by atoms with E-state index in [4.69, 9.17) is 13.7 Å². The third-order valence-electron chi connectivity index (χ3n) is 27.0. The number of rotatable bonds is 14. The van der Waals surface area contributed by atoms with Gasteiger partial charge in [-0.05, 0) is 332 Å². The van der Waals surface area contributed by atoms with E-state index < -0.39 is 10.1 Å². The second-order valence-corrected chi connectivity index (χ2v) is 39.2. The van der Waals surface area contributed by atoms with Crippen LogP contribution in [-0.2, 0) is 35.3 Å². The van der Waals surface area contributed by atoms with Gasteiger partial charge in [-0.2, -0.15) is 8.42 Å². The summed E-state index contributed by atoms with van der Waals surface area (Å²) in [5.41, 5.74) is 19.7. The lowest BCUT2D eigenvalue weighted by Crippen LogP contribution is -2.48. The molecule has 11 fully saturated rings. The predicted molar refractivity (Wildman–Crippen MR) is 451 cm³/mol. The Bertz CT molecular complexity index is 4960. The van der Waals surface area contributed by atoms with E-state index in [9.17, 15) is 27.9 Å². The van der Waals surface area contributed by atoms with Crippen molar-refractivity contribution in [3.8, 4) is 50.6 Å². The van der Waals surface area contributed by atoms with Gasteiger partial charge in [-0.3, -0.25) is 14.4 Å². The number of Topliss-reactive ketones (excluding diaryl/α,β-unsaturated/α-hetero) is 3. The number of aliphatic hydroxyl groups excluding tert-OH is 1. The van der Waals surface area contributed by atoms with Gasteiger partial charge in [0.05, 0.1) is 26.2 Å². The fraction of sp³-hybridized carbons (Fsp3) is 0.444. The van der Waals surface area contributed by atoms with Gasteiger partial charge < -0.3 is 18.8 Å². The third-order valence-corrected chi connectivity index (χ3v) is 31.9. The van der Waals surface area contributed by atoms with Gasteiger partial charge in [-0.15, -0.1) is 0 Å². The lowest BCUT2D eigenvalue weighted by molar-refractivity contribution is -0.121. The molecule has 11 saturated carbocycles. The fourth-order valence-corrected chi connectivity index (χ4v) is 27.8. The van der Waals surface area contributed by atoms with Gasteiger partial charge >= 0.3 is 10.1 Å². The second-order valence-electron chi connectivity index (χ2n) is 34.9. The van der Waals surface area contributed by atoms with E-state index in [1.54, 1.807) is 54.4 Å². The Balaban J connectivity index is 0.000000126. The zero-order chi connectivity index (χ0) is 75.3. The number of carbonyl (C=O) groups excluding carboxylic acids is 3. The summed E-state index contributed by atoms with van der Waals surface area (Å²) >= 11 is 0. The summed E-state index contributed by atoms with van der Waals surface area (Å²) < 4.78 is 42.9. The zero-order valence-corrected chi connectivity index (χ0v) is 66.7. The largest absolute Gasteiger partial charge is 0.512 e. The quantitative estimate of drug-likeness (QED) is 0.0642. The molecule has 0 saturated heterocycles. The highest BCUT2D eigenvalue weighted by Crippen LogP contribution is 2.64. The standard InChI is InChI=1S/C34H34O4S.C32H32O3.C27H37P.C5H6O2.CH4/c1-22-3-10-31(11-4-22)39(35,36)38-30-9-7-27-16-26(5-6-28(27)17-30)29-8-12-33(37-2)32(18-29)34-19-23-13-24(20-34)15-25(14-23)21-34;1-35-30-9-6-25(15-27(30)32-16-19-10-20(17-32)12-21(11-19)18-32)23-2-3-24-14-26(5-4-22(24)13-23)31-28(33)7-8-29(31)34;1-20-18-21(2)27(22(3)19-20)25-16-10-11-17-26(25)28(23-12-6-4-7-13-23)24-14-8-5-9-15-24;6-4-1-2-5(7)3-4;/h3-12,16-18,23-25H,13-15,19-21H2,1-2H3;2-6,9,13-15,19-21,33H,7-8,10-12,16-18H2,1H3;10-11,16-19,23-24H,4-9,12-15H2,1-3H3;1-3H2;1H4. The predicted octanol–water partition coefficient (Wildman–Crippen LogP) is 24.7. The number of carbonyl (C=O) groups is 3. The van der Waals surface area contributed by atoms with E-state index >= 15 is 0 Å². The molecule has 0 atom stereocenters. The first-order chi connectivity index (χ1) is 52.7. The van der Waals surface area contributed by atoms with Gasteiger partial charge in [-0.25, -0.2) is 0 Å². The first-order valence-corrected chi connectivity index (χ1v) is 44.1. The molecule has 12 aliphatic rings. The Morgan fingerprint density at radius 1 is 0.436 bits per heavy atom. The molecule has 0 unspecified atom stereocenters. The van der Waals surface area contributed by atoms with Crippen molar-refractivity contribution in [2.75, 3.05) is 14.2 Å². The molecule has 21 rings (SSSR count). The summed E-state index contributed by atoms with van der Waals surface area (Å²) in [6.07, 6.45) is 33.1. The average Bonchev–Trinajstić information content (AvgIpc) is 0.765. The van der Waals surface area contributed by atoms with Crippen LogP contribution in [0.15, 0.2) is 181 Å². The van der Waals surface area contributed by atoms with Crippen LogP contribution in [0.3, 0.4) is 0 Å². The molecule has 574 valence electrons. The van der Waals surface area contributed by atoms with Gasteiger partial charge in [0.15, 0.2) is 5.78 Å². The summed E-state index contributed by atoms with van der Waals surface area (Å²) in [5, 5.41) is 16.1. The number of ether oxygens (including phenoxy) is 2. The van der Waals surface area contributed by atoms with Gasteiger partial charge in [-0.1, -0.05) is 168 Å². The number of hydrogen-bond donors (Lipinski definition) is 1. The third kappa shape index (κ3) is 16.1. The molecular formula is C99H113O9PS. The van der Waals surface area contributed by atoms with Gasteiger partial charge in [0.1, 0.15) is 39.5 Å². The molecule has 0 aliphatic heterocycles. The second kappa shape index (κ2) is 32.5. The first-order valence-electron chi connectivity index (χ1n) is 41.2. The maximum Gasteiger partial charge on any atom is 0.339 e. The van der Waals surface area contributed by atoms with Gasteiger partial charge in [0.25, 0.3) is 0 Å². The van der Waals surface area contributed by atoms with Crippen molar-refractivity contribution in [2.45, 2.75) is 236 Å². The molecular weight excluding hydrogens is 1400 g/mol. The SMILES string of the molecule is C.COc1ccc(-c2ccc3cc(C4=C(O)CCC4=O)ccc3c2)cc1C12CC3CC(CC(C3)C1)C2.COc1ccc(-c2ccc3cc(OS(=O)(=O)c4ccc(C)cc4)ccc3c2)cc1C12CC3CC(CC(C3)C1)C2.Cc1cc(C)c(-c2ccccc2P(C2CCCCC2)C2CCCCC2)c(C)c1.O=C1CCC(=O)C1. The minimum absolute atomic E-state index is 0. The van der Waals surface area contributed by atoms with Crippen LogP contribution >= 0.6 is 7.92 Å². The van der Waals surface area contributed by atoms with Crippen LogP contribution in [0.25, 0.3) is 60.5 Å². The smallest absolute Gasteiger partial charge is 0.339 e. The van der Waals surface area contributed by atoms with Crippen LogP contribution in [0.1, 0.15) is 220 Å². The maximum atomic E-state index is 12.8. The molecule has 0 spiro atoms. The van der Waals surface area contributed by atoms with Crippen LogP contribution in [0.5, 0.6) is 17.2 Å². The molecule has 0 amide bonds. The van der Waals surface area contributed by atoms with Gasteiger partial charge in [0.2, 0.25) is 0 Å². The zero-order valence-electron chi connectivity index (χ0n) is 64.9. The summed E-state index contributed by atoms with van der Waals surface area (Å²) in [6, 6.07) is 58.9. The highest BCUT2D eigenvalue weighted by atomic mass is 32.2. The number of fused-ring (bicyclic) bond motifs is 2. The summed E-state index contributed by atoms with van der Waals surface area (Å²) in [6.45, 7) is 8.78. The first kappa shape index (κ1) is 77.2. The summed E-state index contributed by atoms with van der Waals surface area (Å²) in [7, 11) is -0.348. The fourth-order valence-electron chi connectivity index (χ4n) is 23.0. The van der Waals surface area contributed by atoms with Crippen molar-refractivity contribution in [2.24, 2.45) is 35.5 Å². The Kier molecular flexibility index (Phi) is 22.8. The highest BCUT2D eigenvalue weighted by Gasteiger charge is 2.54. The number of methoxy groups -OCH3 is 2. The van der Waals surface area contributed by atoms with Crippen LogP contribution < -0.4 is 19.0 Å². The number of ketones is 3. The number of allylic oxidation sites excluding steroid dienone is 2. The molecule has 9 aromatic carbocycles. The summed E-state index contributed by atoms with van der Waals surface area (Å²) in [5.74, 6) is 8.15. The normalized spacial score (nSPS) is 24.7. The minimum Gasteiger partial charge on any atom is -0.512 e. The Hall–Kier alpha value is -8.17. The van der Waals surface area contributed by atoms with Crippen molar-refractivity contribution in [3.05, 3.63) is 215 Å². The Morgan fingerprint density at radius 2 is 0.855 bits per heavy atom. The van der Waals surface area contributed by atoms with Crippen LogP contribution in [-0.4, -0.2) is 56.4 Å². The van der Waals surface area contributed by atoms with Crippen LogP contribution in [0.2, 0.25) is 0 Å². The van der Waals surface area contributed by atoms with Crippen LogP contribution in [0.4, 0.5) is 0 Å². The molecule has 1 N–H and O–H groups in total. The monoisotopic (exact) mass is 1510 g/mol. The lowest BCUT2D eigenvalue weighted by atomic mass is 9.48. The Morgan fingerprint density at radius 3 is 1.29 bits per heavy atom. The molecule has 0 aromatic heterocycles. The molecule has 9 nitrogen and oxygen atoms in total. The van der Waals surface area contributed by atoms with E-state index in [0.29, 0.717) is 37.0 Å². The molecule has 8 bridgehead atoms. The van der Waals surface area contributed by atoms with E-state index in [0.717, 1.165) is 96.6 Å². The molecule has 0 heterocycles. The van der Waals surface area contributed by atoms with E-state index in [1.165, 1.54) is 191 Å². The van der Waals surface area contributed by atoms with E-state index in [1.807, 2.05) is 38.3 Å². The molecule has 110 heavy (non-hydrogen) atoms. The lowest BCUT2D eigenvalue weighted by Gasteiger charge is -2.57. The van der Waals surface area contributed by atoms with Crippen LogP contribution in [0, 0.1) is 63.2 Å². The summed E-state index contributed by atoms with van der Waals surface area (Å²) in [4.78, 5) is 32.9. The highest BCUT2D eigenvalue weighted by molar-refractivity contribution is 7.87. The number of aliphatic hydroxyl groups is 1. The Labute approximate surface area is 655 Å². The molecule has 11 heteroatoms. The number of hydrogen-bond acceptors (Lipinski definition) is 9. The minimum atomic E-state index is -3.89.